The number of benzene rings is 1. The highest BCUT2D eigenvalue weighted by Crippen LogP contribution is 2.23. The molecule has 0 saturated carbocycles. The summed E-state index contributed by atoms with van der Waals surface area (Å²) in [7, 11) is 0. The molecule has 2 aromatic rings. The van der Waals surface area contributed by atoms with Gasteiger partial charge >= 0.3 is 0 Å². The first-order chi connectivity index (χ1) is 9.52. The molecule has 0 fully saturated rings. The van der Waals surface area contributed by atoms with Gasteiger partial charge in [-0.2, -0.15) is 0 Å². The van der Waals surface area contributed by atoms with E-state index in [1.807, 2.05) is 0 Å². The molecule has 0 radical (unpaired) electrons. The number of oxime groups is 1. The number of anilines is 1. The second-order valence-electron chi connectivity index (χ2n) is 3.73. The van der Waals surface area contributed by atoms with Gasteiger partial charge in [0, 0.05) is 5.69 Å². The maximum atomic E-state index is 13.5. The summed E-state index contributed by atoms with van der Waals surface area (Å²) < 4.78 is 13.5. The summed E-state index contributed by atoms with van der Waals surface area (Å²) in [6, 6.07) is 5.35. The summed E-state index contributed by atoms with van der Waals surface area (Å²) >= 11 is 7.04. The van der Waals surface area contributed by atoms with Gasteiger partial charge in [0.2, 0.25) is 0 Å². The van der Waals surface area contributed by atoms with E-state index in [9.17, 15) is 9.18 Å². The Morgan fingerprint density at radius 3 is 2.80 bits per heavy atom. The summed E-state index contributed by atoms with van der Waals surface area (Å²) in [5.74, 6) is -1.46. The third-order valence-corrected chi connectivity index (χ3v) is 3.77. The highest BCUT2D eigenvalue weighted by Gasteiger charge is 2.14. The third-order valence-electron chi connectivity index (χ3n) is 2.43. The van der Waals surface area contributed by atoms with Crippen LogP contribution in [0, 0.1) is 5.82 Å². The lowest BCUT2D eigenvalue weighted by atomic mass is 10.1. The molecule has 5 nitrogen and oxygen atoms in total. The molecule has 1 aromatic carbocycles. The number of amides is 1. The zero-order valence-electron chi connectivity index (χ0n) is 9.93. The van der Waals surface area contributed by atoms with Gasteiger partial charge in [-0.3, -0.25) is 4.79 Å². The van der Waals surface area contributed by atoms with E-state index in [-0.39, 0.29) is 11.4 Å². The van der Waals surface area contributed by atoms with Crippen molar-refractivity contribution < 1.29 is 14.4 Å². The topological polar surface area (TPSA) is 87.7 Å². The molecule has 0 aliphatic carbocycles. The minimum atomic E-state index is -0.660. The number of thiophene rings is 1. The van der Waals surface area contributed by atoms with Crippen molar-refractivity contribution in [3.05, 3.63) is 50.9 Å². The fourth-order valence-corrected chi connectivity index (χ4v) is 2.53. The monoisotopic (exact) mass is 313 g/mol. The number of rotatable bonds is 3. The van der Waals surface area contributed by atoms with Gasteiger partial charge in [0.25, 0.3) is 5.91 Å². The van der Waals surface area contributed by atoms with Crippen LogP contribution in [0.3, 0.4) is 0 Å². The lowest BCUT2D eigenvalue weighted by Gasteiger charge is -2.07. The highest BCUT2D eigenvalue weighted by atomic mass is 35.5. The third kappa shape index (κ3) is 2.89. The van der Waals surface area contributed by atoms with Crippen molar-refractivity contribution in [3.63, 3.8) is 0 Å². The molecule has 0 aliphatic rings. The fraction of sp³-hybridized carbons (Fsp3) is 0. The molecule has 1 aromatic heterocycles. The largest absolute Gasteiger partial charge is 0.409 e. The van der Waals surface area contributed by atoms with Crippen LogP contribution < -0.4 is 11.1 Å². The number of nitrogens with zero attached hydrogens (tertiary/aromatic N) is 1. The SMILES string of the molecule is N/C(=N/O)c1cc(NC(=O)c2sccc2Cl)ccc1F. The Kier molecular flexibility index (Phi) is 4.21. The van der Waals surface area contributed by atoms with Crippen LogP contribution in [0.4, 0.5) is 10.1 Å². The molecule has 0 unspecified atom stereocenters. The van der Waals surface area contributed by atoms with E-state index in [4.69, 9.17) is 22.5 Å². The molecule has 4 N–H and O–H groups in total. The van der Waals surface area contributed by atoms with Crippen LogP contribution in [0.25, 0.3) is 0 Å². The van der Waals surface area contributed by atoms with E-state index in [0.29, 0.717) is 15.6 Å². The summed E-state index contributed by atoms with van der Waals surface area (Å²) in [6.45, 7) is 0. The van der Waals surface area contributed by atoms with Crippen molar-refractivity contribution in [1.82, 2.24) is 0 Å². The van der Waals surface area contributed by atoms with Gasteiger partial charge in [-0.25, -0.2) is 4.39 Å². The van der Waals surface area contributed by atoms with Crippen LogP contribution in [0.15, 0.2) is 34.8 Å². The Morgan fingerprint density at radius 1 is 1.45 bits per heavy atom. The van der Waals surface area contributed by atoms with Gasteiger partial charge < -0.3 is 16.3 Å². The molecule has 1 amide bonds. The standard InChI is InChI=1S/C12H9ClFN3O2S/c13-8-3-4-20-10(8)12(18)16-6-1-2-9(14)7(5-6)11(15)17-19/h1-5,19H,(H2,15,17)(H,16,18). The van der Waals surface area contributed by atoms with Crippen LogP contribution in [0.2, 0.25) is 5.02 Å². The van der Waals surface area contributed by atoms with Crippen LogP contribution in [0.1, 0.15) is 15.2 Å². The van der Waals surface area contributed by atoms with E-state index >= 15 is 0 Å². The molecule has 20 heavy (non-hydrogen) atoms. The summed E-state index contributed by atoms with van der Waals surface area (Å²) in [5.41, 5.74) is 5.54. The molecule has 2 rings (SSSR count). The van der Waals surface area contributed by atoms with E-state index in [0.717, 1.165) is 6.07 Å². The average molecular weight is 314 g/mol. The molecular weight excluding hydrogens is 305 g/mol. The average Bonchev–Trinajstić information content (AvgIpc) is 2.86. The number of amidine groups is 1. The molecule has 0 spiro atoms. The smallest absolute Gasteiger partial charge is 0.267 e. The van der Waals surface area contributed by atoms with Crippen molar-refractivity contribution in [2.45, 2.75) is 0 Å². The molecule has 0 aliphatic heterocycles. The van der Waals surface area contributed by atoms with Crippen LogP contribution in [0.5, 0.6) is 0 Å². The predicted octanol–water partition coefficient (Wildman–Crippen LogP) is 2.89. The molecular formula is C12H9ClFN3O2S. The Hall–Kier alpha value is -2.12. The number of hydrogen-bond acceptors (Lipinski definition) is 4. The number of carbonyl (C=O) groups is 1. The molecule has 104 valence electrons. The van der Waals surface area contributed by atoms with Gasteiger partial charge in [0.05, 0.1) is 10.6 Å². The first-order valence-corrected chi connectivity index (χ1v) is 6.60. The van der Waals surface area contributed by atoms with Gasteiger partial charge in [-0.15, -0.1) is 11.3 Å². The number of halogens is 2. The quantitative estimate of drug-likeness (QED) is 0.352. The highest BCUT2D eigenvalue weighted by molar-refractivity contribution is 7.12. The van der Waals surface area contributed by atoms with Crippen molar-refractivity contribution in [2.75, 3.05) is 5.32 Å². The number of nitrogens with two attached hydrogens (primary N) is 1. The first-order valence-electron chi connectivity index (χ1n) is 5.34. The predicted molar refractivity (Wildman–Crippen MR) is 76.2 cm³/mol. The van der Waals surface area contributed by atoms with Gasteiger partial charge in [0.15, 0.2) is 5.84 Å². The fourth-order valence-electron chi connectivity index (χ4n) is 1.50. The summed E-state index contributed by atoms with van der Waals surface area (Å²) in [4.78, 5) is 12.3. The maximum Gasteiger partial charge on any atom is 0.267 e. The number of carbonyl (C=O) groups excluding carboxylic acids is 1. The van der Waals surface area contributed by atoms with Crippen molar-refractivity contribution >= 4 is 40.4 Å². The van der Waals surface area contributed by atoms with E-state index in [2.05, 4.69) is 10.5 Å². The molecule has 0 bridgehead atoms. The van der Waals surface area contributed by atoms with Crippen molar-refractivity contribution in [1.29, 1.82) is 0 Å². The molecule has 1 heterocycles. The van der Waals surface area contributed by atoms with Crippen molar-refractivity contribution in [3.8, 4) is 0 Å². The number of hydrogen-bond donors (Lipinski definition) is 3. The second kappa shape index (κ2) is 5.89. The maximum absolute atomic E-state index is 13.5. The minimum Gasteiger partial charge on any atom is -0.409 e. The lowest BCUT2D eigenvalue weighted by molar-refractivity contribution is 0.103. The Morgan fingerprint density at radius 2 is 2.20 bits per heavy atom. The molecule has 0 atom stereocenters. The van der Waals surface area contributed by atoms with Crippen LogP contribution >= 0.6 is 22.9 Å². The van der Waals surface area contributed by atoms with Gasteiger partial charge in [-0.05, 0) is 29.6 Å². The van der Waals surface area contributed by atoms with E-state index in [1.54, 1.807) is 11.4 Å². The molecule has 0 saturated heterocycles. The van der Waals surface area contributed by atoms with Crippen LogP contribution in [-0.2, 0) is 0 Å². The minimum absolute atomic E-state index is 0.109. The Bertz CT molecular complexity index is 687. The molecule has 8 heteroatoms. The summed E-state index contributed by atoms with van der Waals surface area (Å²) in [6.07, 6.45) is 0. The van der Waals surface area contributed by atoms with Crippen molar-refractivity contribution in [2.24, 2.45) is 10.9 Å². The van der Waals surface area contributed by atoms with Gasteiger partial charge in [0.1, 0.15) is 10.7 Å². The Balaban J connectivity index is 2.27. The number of nitrogens with one attached hydrogen (secondary N) is 1. The lowest BCUT2D eigenvalue weighted by Crippen LogP contribution is -2.16. The summed E-state index contributed by atoms with van der Waals surface area (Å²) in [5, 5.41) is 15.9. The van der Waals surface area contributed by atoms with E-state index in [1.165, 1.54) is 23.5 Å². The zero-order chi connectivity index (χ0) is 14.7. The normalized spacial score (nSPS) is 11.4. The van der Waals surface area contributed by atoms with E-state index < -0.39 is 11.7 Å². The second-order valence-corrected chi connectivity index (χ2v) is 5.05. The first kappa shape index (κ1) is 14.3. The zero-order valence-corrected chi connectivity index (χ0v) is 11.5. The van der Waals surface area contributed by atoms with Gasteiger partial charge in [-0.1, -0.05) is 16.8 Å². The Labute approximate surface area is 122 Å². The van der Waals surface area contributed by atoms with Crippen LogP contribution in [-0.4, -0.2) is 17.0 Å².